The Morgan fingerprint density at radius 3 is 2.57 bits per heavy atom. The van der Waals surface area contributed by atoms with Crippen LogP contribution < -0.4 is 5.73 Å². The van der Waals surface area contributed by atoms with Gasteiger partial charge in [-0.15, -0.1) is 0 Å². The molecule has 0 bridgehead atoms. The van der Waals surface area contributed by atoms with Crippen molar-refractivity contribution in [3.05, 3.63) is 0 Å². The topological polar surface area (TPSA) is 72.5 Å². The highest BCUT2D eigenvalue weighted by Gasteiger charge is 2.36. The van der Waals surface area contributed by atoms with Crippen molar-refractivity contribution in [3.63, 3.8) is 0 Å². The molecule has 1 heterocycles. The van der Waals surface area contributed by atoms with Crippen molar-refractivity contribution in [2.24, 2.45) is 23.5 Å². The number of carboxylic acid groups (broad SMARTS) is 1. The van der Waals surface area contributed by atoms with Crippen LogP contribution in [0.3, 0.4) is 0 Å². The molecule has 0 radical (unpaired) electrons. The molecule has 3 atom stereocenters. The van der Waals surface area contributed by atoms with E-state index in [1.54, 1.807) is 0 Å². The zero-order valence-electron chi connectivity index (χ0n) is 8.77. The maximum Gasteiger partial charge on any atom is 0.303 e. The highest BCUT2D eigenvalue weighted by molar-refractivity contribution is 5.67. The molecule has 14 heavy (non-hydrogen) atoms. The molecule has 0 saturated carbocycles. The van der Waals surface area contributed by atoms with Crippen LogP contribution in [0.25, 0.3) is 0 Å². The first kappa shape index (κ1) is 11.5. The third-order valence-electron chi connectivity index (χ3n) is 2.72. The Balaban J connectivity index is 2.47. The predicted molar refractivity (Wildman–Crippen MR) is 52.6 cm³/mol. The highest BCUT2D eigenvalue weighted by atomic mass is 16.5. The first-order chi connectivity index (χ1) is 6.50. The molecule has 1 aliphatic heterocycles. The van der Waals surface area contributed by atoms with Gasteiger partial charge in [0.1, 0.15) is 6.23 Å². The summed E-state index contributed by atoms with van der Waals surface area (Å²) < 4.78 is 5.07. The molecule has 3 unspecified atom stereocenters. The summed E-state index contributed by atoms with van der Waals surface area (Å²) in [7, 11) is 0. The number of hydrogen-bond donors (Lipinski definition) is 2. The summed E-state index contributed by atoms with van der Waals surface area (Å²) >= 11 is 0. The molecule has 0 spiro atoms. The lowest BCUT2D eigenvalue weighted by atomic mass is 9.80. The Hall–Kier alpha value is -0.610. The van der Waals surface area contributed by atoms with Gasteiger partial charge in [0, 0.05) is 12.3 Å². The third-order valence-corrected chi connectivity index (χ3v) is 2.72. The van der Waals surface area contributed by atoms with E-state index in [1.165, 1.54) is 0 Å². The smallest absolute Gasteiger partial charge is 0.303 e. The first-order valence-corrected chi connectivity index (χ1v) is 5.09. The number of aliphatic carboxylic acids is 1. The molecule has 4 nitrogen and oxygen atoms in total. The average Bonchev–Trinajstić information content (AvgIpc) is 1.99. The fourth-order valence-electron chi connectivity index (χ4n) is 1.96. The molecule has 3 N–H and O–H groups in total. The molecule has 1 fully saturated rings. The number of rotatable bonds is 5. The summed E-state index contributed by atoms with van der Waals surface area (Å²) in [5, 5.41) is 8.77. The summed E-state index contributed by atoms with van der Waals surface area (Å²) in [6.45, 7) is 4.81. The molecule has 0 aromatic heterocycles. The van der Waals surface area contributed by atoms with Crippen LogP contribution in [0.15, 0.2) is 0 Å². The summed E-state index contributed by atoms with van der Waals surface area (Å²) in [6.07, 6.45) is 0.867. The van der Waals surface area contributed by atoms with Gasteiger partial charge in [0.2, 0.25) is 0 Å². The normalized spacial score (nSPS) is 28.6. The fraction of sp³-hybridized carbons (Fsp3) is 0.900. The second-order valence-corrected chi connectivity index (χ2v) is 4.45. The number of ether oxygens (including phenoxy) is 1. The summed E-state index contributed by atoms with van der Waals surface area (Å²) in [5.74, 6) is 0.159. The standard InChI is InChI=1S/C10H19NO3/c1-6(2)3-7(4-9(12)13)8-5-14-10(8)11/h6-8,10H,3-5,11H2,1-2H3,(H,12,13). The zero-order chi connectivity index (χ0) is 10.7. The largest absolute Gasteiger partial charge is 0.481 e. The van der Waals surface area contributed by atoms with E-state index in [0.717, 1.165) is 6.42 Å². The third kappa shape index (κ3) is 2.96. The van der Waals surface area contributed by atoms with E-state index in [0.29, 0.717) is 12.5 Å². The van der Waals surface area contributed by atoms with Crippen LogP contribution in [0.2, 0.25) is 0 Å². The second-order valence-electron chi connectivity index (χ2n) is 4.45. The Labute approximate surface area is 84.4 Å². The number of hydrogen-bond acceptors (Lipinski definition) is 3. The molecule has 0 aliphatic carbocycles. The van der Waals surface area contributed by atoms with Crippen molar-refractivity contribution >= 4 is 5.97 Å². The van der Waals surface area contributed by atoms with Crippen molar-refractivity contribution in [2.75, 3.05) is 6.61 Å². The number of carbonyl (C=O) groups is 1. The van der Waals surface area contributed by atoms with Gasteiger partial charge in [-0.25, -0.2) is 0 Å². The van der Waals surface area contributed by atoms with Crippen LogP contribution in [0.4, 0.5) is 0 Å². The summed E-state index contributed by atoms with van der Waals surface area (Å²) in [5.41, 5.74) is 5.66. The monoisotopic (exact) mass is 201 g/mol. The van der Waals surface area contributed by atoms with Crippen molar-refractivity contribution in [2.45, 2.75) is 32.9 Å². The van der Waals surface area contributed by atoms with Gasteiger partial charge in [-0.1, -0.05) is 13.8 Å². The van der Waals surface area contributed by atoms with E-state index in [1.807, 2.05) is 0 Å². The highest BCUT2D eigenvalue weighted by Crippen LogP contribution is 2.32. The fourth-order valence-corrected chi connectivity index (χ4v) is 1.96. The molecule has 4 heteroatoms. The molecule has 1 saturated heterocycles. The Bertz CT molecular complexity index is 206. The number of nitrogens with two attached hydrogens (primary N) is 1. The first-order valence-electron chi connectivity index (χ1n) is 5.09. The number of carboxylic acids is 1. The Morgan fingerprint density at radius 2 is 2.29 bits per heavy atom. The minimum absolute atomic E-state index is 0.163. The van der Waals surface area contributed by atoms with E-state index < -0.39 is 5.97 Å². The van der Waals surface area contributed by atoms with Crippen molar-refractivity contribution < 1.29 is 14.6 Å². The average molecular weight is 201 g/mol. The zero-order valence-corrected chi connectivity index (χ0v) is 8.77. The lowest BCUT2D eigenvalue weighted by Crippen LogP contribution is -2.50. The second kappa shape index (κ2) is 4.75. The lowest BCUT2D eigenvalue weighted by Gasteiger charge is -2.39. The van der Waals surface area contributed by atoms with Crippen LogP contribution >= 0.6 is 0 Å². The van der Waals surface area contributed by atoms with Crippen LogP contribution in [-0.4, -0.2) is 23.9 Å². The van der Waals surface area contributed by atoms with Gasteiger partial charge in [0.15, 0.2) is 0 Å². The molecule has 0 aromatic carbocycles. The van der Waals surface area contributed by atoms with E-state index >= 15 is 0 Å². The molecule has 1 aliphatic rings. The molecule has 0 amide bonds. The molecule has 0 aromatic rings. The van der Waals surface area contributed by atoms with Crippen LogP contribution in [0.1, 0.15) is 26.7 Å². The predicted octanol–water partition coefficient (Wildman–Crippen LogP) is 1.05. The molecule has 82 valence electrons. The van der Waals surface area contributed by atoms with Crippen LogP contribution in [0.5, 0.6) is 0 Å². The summed E-state index contributed by atoms with van der Waals surface area (Å²) in [6, 6.07) is 0. The van der Waals surface area contributed by atoms with Crippen LogP contribution in [0, 0.1) is 17.8 Å². The van der Waals surface area contributed by atoms with Gasteiger partial charge in [-0.05, 0) is 18.3 Å². The lowest BCUT2D eigenvalue weighted by molar-refractivity contribution is -0.152. The molecular formula is C10H19NO3. The van der Waals surface area contributed by atoms with Crippen molar-refractivity contribution in [1.82, 2.24) is 0 Å². The minimum atomic E-state index is -0.741. The van der Waals surface area contributed by atoms with E-state index in [-0.39, 0.29) is 24.5 Å². The van der Waals surface area contributed by atoms with Gasteiger partial charge in [-0.2, -0.15) is 0 Å². The quantitative estimate of drug-likeness (QED) is 0.697. The molecular weight excluding hydrogens is 182 g/mol. The van der Waals surface area contributed by atoms with Gasteiger partial charge in [-0.3, -0.25) is 4.79 Å². The SMILES string of the molecule is CC(C)CC(CC(=O)O)C1COC1N. The van der Waals surface area contributed by atoms with E-state index in [4.69, 9.17) is 15.6 Å². The van der Waals surface area contributed by atoms with Crippen molar-refractivity contribution in [3.8, 4) is 0 Å². The Morgan fingerprint density at radius 1 is 1.64 bits per heavy atom. The van der Waals surface area contributed by atoms with Gasteiger partial charge < -0.3 is 15.6 Å². The van der Waals surface area contributed by atoms with Crippen LogP contribution in [-0.2, 0) is 9.53 Å². The summed E-state index contributed by atoms with van der Waals surface area (Å²) in [4.78, 5) is 10.7. The van der Waals surface area contributed by atoms with Gasteiger partial charge in [0.05, 0.1) is 6.61 Å². The maximum atomic E-state index is 10.7. The van der Waals surface area contributed by atoms with E-state index in [9.17, 15) is 4.79 Å². The minimum Gasteiger partial charge on any atom is -0.481 e. The van der Waals surface area contributed by atoms with Gasteiger partial charge >= 0.3 is 5.97 Å². The van der Waals surface area contributed by atoms with Crippen molar-refractivity contribution in [1.29, 1.82) is 0 Å². The Kier molecular flexibility index (Phi) is 3.89. The molecule has 1 rings (SSSR count). The van der Waals surface area contributed by atoms with E-state index in [2.05, 4.69) is 13.8 Å². The van der Waals surface area contributed by atoms with Gasteiger partial charge in [0.25, 0.3) is 0 Å². The maximum absolute atomic E-state index is 10.7.